The van der Waals surface area contributed by atoms with Gasteiger partial charge in [0.05, 0.1) is 25.0 Å². The Bertz CT molecular complexity index is 794. The number of thioether (sulfide) groups is 1. The average molecular weight is 389 g/mol. The maximum absolute atomic E-state index is 12.7. The predicted octanol–water partition coefficient (Wildman–Crippen LogP) is 4.05. The highest BCUT2D eigenvalue weighted by molar-refractivity contribution is 7.99. The highest BCUT2D eigenvalue weighted by Gasteiger charge is 2.14. The molecule has 0 unspecified atom stereocenters. The van der Waals surface area contributed by atoms with Crippen LogP contribution < -0.4 is 14.8 Å². The van der Waals surface area contributed by atoms with E-state index < -0.39 is 5.97 Å². The fraction of sp³-hybridized carbons (Fsp3) is 0.300. The lowest BCUT2D eigenvalue weighted by Crippen LogP contribution is -2.14. The third kappa shape index (κ3) is 6.53. The Morgan fingerprint density at radius 1 is 1.19 bits per heavy atom. The molecular weight excluding hydrogens is 366 g/mol. The Labute approximate surface area is 162 Å². The molecule has 0 spiro atoms. The summed E-state index contributed by atoms with van der Waals surface area (Å²) < 4.78 is 10.9. The summed E-state index contributed by atoms with van der Waals surface area (Å²) >= 11 is 1.31. The Hall–Kier alpha value is -2.67. The van der Waals surface area contributed by atoms with Crippen molar-refractivity contribution in [3.05, 3.63) is 53.6 Å². The summed E-state index contributed by atoms with van der Waals surface area (Å²) in [6.07, 6.45) is 0.828. The van der Waals surface area contributed by atoms with Gasteiger partial charge in [0.15, 0.2) is 0 Å². The molecule has 1 amide bonds. The van der Waals surface area contributed by atoms with Gasteiger partial charge in [-0.1, -0.05) is 19.1 Å². The normalized spacial score (nSPS) is 10.3. The molecule has 2 rings (SSSR count). The summed E-state index contributed by atoms with van der Waals surface area (Å²) in [4.78, 5) is 23.3. The standard InChI is InChI=1S/C20H23NO5S/c1-3-9-26-18-11-16(25-2)7-8-17(18)20(24)21-15-6-4-5-14(10-15)12-27-13-19(22)23/h4-8,10-11H,3,9,12-13H2,1-2H3,(H,21,24)(H,22,23). The van der Waals surface area contributed by atoms with Crippen LogP contribution in [-0.2, 0) is 10.5 Å². The summed E-state index contributed by atoms with van der Waals surface area (Å²) in [6, 6.07) is 12.4. The molecule has 0 saturated heterocycles. The molecule has 27 heavy (non-hydrogen) atoms. The fourth-order valence-electron chi connectivity index (χ4n) is 2.34. The molecule has 0 aromatic heterocycles. The van der Waals surface area contributed by atoms with E-state index in [4.69, 9.17) is 14.6 Å². The first-order valence-corrected chi connectivity index (χ1v) is 9.69. The minimum absolute atomic E-state index is 0.0422. The molecule has 2 aromatic rings. The topological polar surface area (TPSA) is 84.9 Å². The highest BCUT2D eigenvalue weighted by atomic mass is 32.2. The lowest BCUT2D eigenvalue weighted by atomic mass is 10.1. The minimum Gasteiger partial charge on any atom is -0.497 e. The Balaban J connectivity index is 2.11. The van der Waals surface area contributed by atoms with Crippen molar-refractivity contribution in [3.63, 3.8) is 0 Å². The van der Waals surface area contributed by atoms with Crippen molar-refractivity contribution >= 4 is 29.3 Å². The summed E-state index contributed by atoms with van der Waals surface area (Å²) in [5, 5.41) is 11.6. The summed E-state index contributed by atoms with van der Waals surface area (Å²) in [5.74, 6) is 0.573. The molecule has 2 N–H and O–H groups in total. The molecular formula is C20H23NO5S. The van der Waals surface area contributed by atoms with Crippen molar-refractivity contribution < 1.29 is 24.2 Å². The Kier molecular flexibility index (Phi) is 8.00. The number of carboxylic acids is 1. The van der Waals surface area contributed by atoms with Gasteiger partial charge < -0.3 is 19.9 Å². The number of anilines is 1. The second-order valence-corrected chi connectivity index (χ2v) is 6.74. The molecule has 0 saturated carbocycles. The average Bonchev–Trinajstić information content (AvgIpc) is 2.66. The number of carbonyl (C=O) groups excluding carboxylic acids is 1. The van der Waals surface area contributed by atoms with E-state index in [1.165, 1.54) is 11.8 Å². The molecule has 0 aliphatic carbocycles. The van der Waals surface area contributed by atoms with Gasteiger partial charge in [-0.2, -0.15) is 0 Å². The smallest absolute Gasteiger partial charge is 0.313 e. The summed E-state index contributed by atoms with van der Waals surface area (Å²) in [6.45, 7) is 2.50. The largest absolute Gasteiger partial charge is 0.497 e. The van der Waals surface area contributed by atoms with Crippen molar-refractivity contribution in [1.82, 2.24) is 0 Å². The monoisotopic (exact) mass is 389 g/mol. The van der Waals surface area contributed by atoms with Crippen molar-refractivity contribution in [3.8, 4) is 11.5 Å². The van der Waals surface area contributed by atoms with Crippen LogP contribution in [0.1, 0.15) is 29.3 Å². The third-order valence-corrected chi connectivity index (χ3v) is 4.56. The highest BCUT2D eigenvalue weighted by Crippen LogP contribution is 2.26. The third-order valence-electron chi connectivity index (χ3n) is 3.57. The van der Waals surface area contributed by atoms with Gasteiger partial charge >= 0.3 is 5.97 Å². The van der Waals surface area contributed by atoms with Crippen LogP contribution in [0.25, 0.3) is 0 Å². The van der Waals surface area contributed by atoms with Gasteiger partial charge in [0, 0.05) is 17.5 Å². The molecule has 0 bridgehead atoms. The summed E-state index contributed by atoms with van der Waals surface area (Å²) in [5.41, 5.74) is 2.01. The molecule has 0 aliphatic heterocycles. The molecule has 7 heteroatoms. The lowest BCUT2D eigenvalue weighted by molar-refractivity contribution is -0.133. The van der Waals surface area contributed by atoms with Crippen LogP contribution in [0.4, 0.5) is 5.69 Å². The maximum atomic E-state index is 12.7. The first-order chi connectivity index (χ1) is 13.0. The number of amides is 1. The van der Waals surface area contributed by atoms with Crippen LogP contribution in [0.5, 0.6) is 11.5 Å². The van der Waals surface area contributed by atoms with Crippen LogP contribution in [0, 0.1) is 0 Å². The molecule has 144 valence electrons. The maximum Gasteiger partial charge on any atom is 0.313 e. The molecule has 0 aliphatic rings. The van der Waals surface area contributed by atoms with E-state index in [0.717, 1.165) is 12.0 Å². The molecule has 0 atom stereocenters. The van der Waals surface area contributed by atoms with E-state index in [1.807, 2.05) is 25.1 Å². The zero-order valence-corrected chi connectivity index (χ0v) is 16.2. The number of ether oxygens (including phenoxy) is 2. The van der Waals surface area contributed by atoms with Crippen LogP contribution >= 0.6 is 11.8 Å². The first-order valence-electron chi connectivity index (χ1n) is 8.54. The van der Waals surface area contributed by atoms with Gasteiger partial charge in [0.1, 0.15) is 11.5 Å². The van der Waals surface area contributed by atoms with E-state index in [-0.39, 0.29) is 11.7 Å². The van der Waals surface area contributed by atoms with Gasteiger partial charge in [-0.05, 0) is 36.2 Å². The first kappa shape index (κ1) is 20.6. The zero-order valence-electron chi connectivity index (χ0n) is 15.4. The number of methoxy groups -OCH3 is 1. The van der Waals surface area contributed by atoms with Crippen molar-refractivity contribution in [1.29, 1.82) is 0 Å². The Morgan fingerprint density at radius 3 is 2.70 bits per heavy atom. The van der Waals surface area contributed by atoms with Crippen LogP contribution in [0.15, 0.2) is 42.5 Å². The van der Waals surface area contributed by atoms with Gasteiger partial charge in [0.25, 0.3) is 5.91 Å². The van der Waals surface area contributed by atoms with Gasteiger partial charge in [0.2, 0.25) is 0 Å². The van der Waals surface area contributed by atoms with Gasteiger partial charge in [-0.25, -0.2) is 0 Å². The van der Waals surface area contributed by atoms with E-state index in [2.05, 4.69) is 5.32 Å². The minimum atomic E-state index is -0.844. The number of carbonyl (C=O) groups is 2. The molecule has 0 heterocycles. The number of aliphatic carboxylic acids is 1. The second kappa shape index (κ2) is 10.5. The predicted molar refractivity (Wildman–Crippen MR) is 107 cm³/mol. The van der Waals surface area contributed by atoms with Crippen molar-refractivity contribution in [2.24, 2.45) is 0 Å². The second-order valence-electron chi connectivity index (χ2n) is 5.75. The quantitative estimate of drug-likeness (QED) is 0.638. The molecule has 2 aromatic carbocycles. The number of nitrogens with one attached hydrogen (secondary N) is 1. The number of carboxylic acid groups (broad SMARTS) is 1. The zero-order chi connectivity index (χ0) is 19.6. The number of benzene rings is 2. The SMILES string of the molecule is CCCOc1cc(OC)ccc1C(=O)Nc1cccc(CSCC(=O)O)c1. The molecule has 0 fully saturated rings. The van der Waals surface area contributed by atoms with Crippen molar-refractivity contribution in [2.75, 3.05) is 24.8 Å². The number of rotatable bonds is 10. The van der Waals surface area contributed by atoms with E-state index in [9.17, 15) is 9.59 Å². The van der Waals surface area contributed by atoms with Gasteiger partial charge in [-0.15, -0.1) is 11.8 Å². The Morgan fingerprint density at radius 2 is 2.00 bits per heavy atom. The lowest BCUT2D eigenvalue weighted by Gasteiger charge is -2.13. The number of hydrogen-bond donors (Lipinski definition) is 2. The molecule has 6 nitrogen and oxygen atoms in total. The van der Waals surface area contributed by atoms with E-state index >= 15 is 0 Å². The van der Waals surface area contributed by atoms with Gasteiger partial charge in [-0.3, -0.25) is 9.59 Å². The van der Waals surface area contributed by atoms with Crippen LogP contribution in [0.3, 0.4) is 0 Å². The molecule has 0 radical (unpaired) electrons. The van der Waals surface area contributed by atoms with E-state index in [1.54, 1.807) is 31.4 Å². The van der Waals surface area contributed by atoms with Crippen molar-refractivity contribution in [2.45, 2.75) is 19.1 Å². The van der Waals surface area contributed by atoms with E-state index in [0.29, 0.717) is 35.1 Å². The number of hydrogen-bond acceptors (Lipinski definition) is 5. The fourth-order valence-corrected chi connectivity index (χ4v) is 3.03. The van der Waals surface area contributed by atoms with Crippen LogP contribution in [-0.4, -0.2) is 36.5 Å². The summed E-state index contributed by atoms with van der Waals surface area (Å²) in [7, 11) is 1.56. The van der Waals surface area contributed by atoms with Crippen LogP contribution in [0.2, 0.25) is 0 Å².